The standard InChI is InChI=1S/C11H18O4/c1-3-11(12)13-6-4-5-10-7-14-9(2)15-8-10/h3,9-10H,1,4-8H2,2H3. The first-order valence-corrected chi connectivity index (χ1v) is 5.24. The molecule has 0 aromatic heterocycles. The zero-order valence-electron chi connectivity index (χ0n) is 9.11. The van der Waals surface area contributed by atoms with Crippen molar-refractivity contribution in [2.24, 2.45) is 5.92 Å². The number of esters is 1. The summed E-state index contributed by atoms with van der Waals surface area (Å²) in [7, 11) is 0. The summed E-state index contributed by atoms with van der Waals surface area (Å²) in [6.07, 6.45) is 2.89. The highest BCUT2D eigenvalue weighted by atomic mass is 16.7. The van der Waals surface area contributed by atoms with Gasteiger partial charge < -0.3 is 14.2 Å². The number of hydrogen-bond donors (Lipinski definition) is 0. The lowest BCUT2D eigenvalue weighted by molar-refractivity contribution is -0.191. The molecular weight excluding hydrogens is 196 g/mol. The maximum Gasteiger partial charge on any atom is 0.330 e. The summed E-state index contributed by atoms with van der Waals surface area (Å²) in [5.41, 5.74) is 0. The number of carbonyl (C=O) groups is 1. The zero-order valence-corrected chi connectivity index (χ0v) is 9.11. The molecule has 4 nitrogen and oxygen atoms in total. The third-order valence-electron chi connectivity index (χ3n) is 2.30. The van der Waals surface area contributed by atoms with Crippen molar-refractivity contribution < 1.29 is 19.0 Å². The summed E-state index contributed by atoms with van der Waals surface area (Å²) in [6, 6.07) is 0. The molecule has 0 saturated carbocycles. The molecule has 1 aliphatic heterocycles. The van der Waals surface area contributed by atoms with Crippen molar-refractivity contribution in [2.75, 3.05) is 19.8 Å². The molecule has 0 spiro atoms. The molecule has 0 atom stereocenters. The lowest BCUT2D eigenvalue weighted by Crippen LogP contribution is -2.30. The second-order valence-corrected chi connectivity index (χ2v) is 3.61. The fourth-order valence-electron chi connectivity index (χ4n) is 1.41. The van der Waals surface area contributed by atoms with Crippen molar-refractivity contribution in [1.82, 2.24) is 0 Å². The third-order valence-corrected chi connectivity index (χ3v) is 2.30. The van der Waals surface area contributed by atoms with Crippen LogP contribution in [0.1, 0.15) is 19.8 Å². The van der Waals surface area contributed by atoms with Gasteiger partial charge in [0.25, 0.3) is 0 Å². The number of rotatable bonds is 5. The van der Waals surface area contributed by atoms with Crippen LogP contribution in [0.4, 0.5) is 0 Å². The zero-order chi connectivity index (χ0) is 11.1. The minimum atomic E-state index is -0.361. The fraction of sp³-hybridized carbons (Fsp3) is 0.727. The summed E-state index contributed by atoms with van der Waals surface area (Å²) in [5, 5.41) is 0. The molecule has 86 valence electrons. The van der Waals surface area contributed by atoms with E-state index in [2.05, 4.69) is 6.58 Å². The van der Waals surface area contributed by atoms with Crippen LogP contribution in [0.2, 0.25) is 0 Å². The normalized spacial score (nSPS) is 25.9. The lowest BCUT2D eigenvalue weighted by Gasteiger charge is -2.27. The van der Waals surface area contributed by atoms with Gasteiger partial charge in [-0.15, -0.1) is 0 Å². The van der Waals surface area contributed by atoms with E-state index in [0.717, 1.165) is 26.1 Å². The molecule has 0 radical (unpaired) electrons. The minimum Gasteiger partial charge on any atom is -0.463 e. The topological polar surface area (TPSA) is 44.8 Å². The van der Waals surface area contributed by atoms with Crippen molar-refractivity contribution in [1.29, 1.82) is 0 Å². The molecule has 1 heterocycles. The van der Waals surface area contributed by atoms with Crippen molar-refractivity contribution >= 4 is 5.97 Å². The maximum absolute atomic E-state index is 10.7. The smallest absolute Gasteiger partial charge is 0.330 e. The quantitative estimate of drug-likeness (QED) is 0.395. The van der Waals surface area contributed by atoms with Gasteiger partial charge >= 0.3 is 5.97 Å². The van der Waals surface area contributed by atoms with Crippen LogP contribution in [-0.2, 0) is 19.0 Å². The van der Waals surface area contributed by atoms with Crippen molar-refractivity contribution in [3.63, 3.8) is 0 Å². The molecule has 0 bridgehead atoms. The molecular formula is C11H18O4. The van der Waals surface area contributed by atoms with Crippen LogP contribution in [0.3, 0.4) is 0 Å². The summed E-state index contributed by atoms with van der Waals surface area (Å²) in [4.78, 5) is 10.7. The van der Waals surface area contributed by atoms with Gasteiger partial charge in [0, 0.05) is 12.0 Å². The summed E-state index contributed by atoms with van der Waals surface area (Å²) < 4.78 is 15.6. The average Bonchev–Trinajstić information content (AvgIpc) is 2.26. The van der Waals surface area contributed by atoms with Crippen molar-refractivity contribution in [3.8, 4) is 0 Å². The predicted molar refractivity (Wildman–Crippen MR) is 55.2 cm³/mol. The Bertz CT molecular complexity index is 207. The minimum absolute atomic E-state index is 0.0835. The van der Waals surface area contributed by atoms with E-state index in [0.29, 0.717) is 12.5 Å². The van der Waals surface area contributed by atoms with Crippen LogP contribution >= 0.6 is 0 Å². The summed E-state index contributed by atoms with van der Waals surface area (Å²) in [6.45, 7) is 7.12. The maximum atomic E-state index is 10.7. The molecule has 4 heteroatoms. The molecule has 0 aromatic carbocycles. The van der Waals surface area contributed by atoms with E-state index in [1.807, 2.05) is 6.92 Å². The molecule has 15 heavy (non-hydrogen) atoms. The molecule has 1 saturated heterocycles. The molecule has 1 rings (SSSR count). The number of ether oxygens (including phenoxy) is 3. The summed E-state index contributed by atoms with van der Waals surface area (Å²) >= 11 is 0. The fourth-order valence-corrected chi connectivity index (χ4v) is 1.41. The molecule has 1 fully saturated rings. The van der Waals surface area contributed by atoms with Gasteiger partial charge in [0.1, 0.15) is 0 Å². The average molecular weight is 214 g/mol. The van der Waals surface area contributed by atoms with Crippen LogP contribution < -0.4 is 0 Å². The van der Waals surface area contributed by atoms with Gasteiger partial charge in [-0.1, -0.05) is 6.58 Å². The second-order valence-electron chi connectivity index (χ2n) is 3.61. The Kier molecular flexibility index (Phi) is 5.36. The Balaban J connectivity index is 2.00. The van der Waals surface area contributed by atoms with E-state index in [4.69, 9.17) is 14.2 Å². The summed E-state index contributed by atoms with van der Waals surface area (Å²) in [5.74, 6) is 0.0587. The van der Waals surface area contributed by atoms with Crippen molar-refractivity contribution in [3.05, 3.63) is 12.7 Å². The van der Waals surface area contributed by atoms with E-state index >= 15 is 0 Å². The third kappa shape index (κ3) is 4.95. The molecule has 0 N–H and O–H groups in total. The van der Waals surface area contributed by atoms with Crippen LogP contribution in [0.5, 0.6) is 0 Å². The number of hydrogen-bond acceptors (Lipinski definition) is 4. The first kappa shape index (κ1) is 12.2. The Morgan fingerprint density at radius 1 is 1.53 bits per heavy atom. The van der Waals surface area contributed by atoms with Gasteiger partial charge in [-0.25, -0.2) is 4.79 Å². The van der Waals surface area contributed by atoms with Crippen LogP contribution in [0.15, 0.2) is 12.7 Å². The van der Waals surface area contributed by atoms with Crippen LogP contribution in [0, 0.1) is 5.92 Å². The SMILES string of the molecule is C=CC(=O)OCCCC1COC(C)OC1. The Morgan fingerprint density at radius 2 is 2.20 bits per heavy atom. The Hall–Kier alpha value is -0.870. The van der Waals surface area contributed by atoms with E-state index in [1.165, 1.54) is 6.08 Å². The number of carbonyl (C=O) groups excluding carboxylic acids is 1. The highest BCUT2D eigenvalue weighted by Gasteiger charge is 2.18. The van der Waals surface area contributed by atoms with E-state index in [9.17, 15) is 4.79 Å². The molecule has 1 aliphatic rings. The first-order valence-electron chi connectivity index (χ1n) is 5.24. The van der Waals surface area contributed by atoms with Gasteiger partial charge in [0.2, 0.25) is 0 Å². The highest BCUT2D eigenvalue weighted by molar-refractivity contribution is 5.81. The van der Waals surface area contributed by atoms with Gasteiger partial charge in [-0.3, -0.25) is 0 Å². The largest absolute Gasteiger partial charge is 0.463 e. The highest BCUT2D eigenvalue weighted by Crippen LogP contribution is 2.15. The van der Waals surface area contributed by atoms with Crippen LogP contribution in [-0.4, -0.2) is 32.1 Å². The van der Waals surface area contributed by atoms with Gasteiger partial charge in [0.15, 0.2) is 6.29 Å². The van der Waals surface area contributed by atoms with Crippen molar-refractivity contribution in [2.45, 2.75) is 26.1 Å². The Labute approximate surface area is 90.2 Å². The molecule has 0 unspecified atom stereocenters. The predicted octanol–water partition coefficient (Wildman–Crippen LogP) is 1.50. The van der Waals surface area contributed by atoms with Gasteiger partial charge in [-0.05, 0) is 19.8 Å². The van der Waals surface area contributed by atoms with Gasteiger partial charge in [0.05, 0.1) is 19.8 Å². The molecule has 0 amide bonds. The second kappa shape index (κ2) is 6.58. The van der Waals surface area contributed by atoms with Gasteiger partial charge in [-0.2, -0.15) is 0 Å². The Morgan fingerprint density at radius 3 is 2.80 bits per heavy atom. The molecule has 0 aliphatic carbocycles. The monoisotopic (exact) mass is 214 g/mol. The molecule has 0 aromatic rings. The van der Waals surface area contributed by atoms with Crippen LogP contribution in [0.25, 0.3) is 0 Å². The van der Waals surface area contributed by atoms with E-state index < -0.39 is 0 Å². The van der Waals surface area contributed by atoms with E-state index in [-0.39, 0.29) is 12.3 Å². The lowest BCUT2D eigenvalue weighted by atomic mass is 10.1. The first-order chi connectivity index (χ1) is 7.22. The van der Waals surface area contributed by atoms with E-state index in [1.54, 1.807) is 0 Å².